The van der Waals surface area contributed by atoms with Crippen LogP contribution in [0.5, 0.6) is 28.9 Å². The molecule has 5 aromatic rings. The van der Waals surface area contributed by atoms with Crippen molar-refractivity contribution in [2.24, 2.45) is 0 Å². The fourth-order valence-corrected chi connectivity index (χ4v) is 4.78. The van der Waals surface area contributed by atoms with Gasteiger partial charge in [0.1, 0.15) is 5.69 Å². The number of carbonyl (C=O) groups excluding carboxylic acids is 2. The summed E-state index contributed by atoms with van der Waals surface area (Å²) in [5, 5.41) is 7.81. The molecule has 0 fully saturated rings. The molecule has 0 aliphatic carbocycles. The van der Waals surface area contributed by atoms with E-state index in [2.05, 4.69) is 5.32 Å². The Bertz CT molecular complexity index is 1820. The van der Waals surface area contributed by atoms with E-state index in [1.807, 2.05) is 54.6 Å². The summed E-state index contributed by atoms with van der Waals surface area (Å²) in [5.41, 5.74) is 4.28. The number of amides is 1. The Morgan fingerprint density at radius 2 is 1.53 bits per heavy atom. The zero-order valence-electron chi connectivity index (χ0n) is 23.6. The minimum Gasteiger partial charge on any atom is -0.493 e. The first kappa shape index (κ1) is 27.4. The number of methoxy groups -OCH3 is 2. The Morgan fingerprint density at radius 1 is 0.814 bits per heavy atom. The van der Waals surface area contributed by atoms with Crippen molar-refractivity contribution in [1.29, 1.82) is 0 Å². The SMILES string of the molecule is COc1ccc(-c2nn(-c3ccccc3)c(OC(C)=O)c2-c2ccc(NC(=O)c3ccc4c(c3)OCO4)cc2)cc1OC. The first-order valence-corrected chi connectivity index (χ1v) is 13.4. The van der Waals surface area contributed by atoms with Crippen molar-refractivity contribution in [2.45, 2.75) is 6.92 Å². The average Bonchev–Trinajstić information content (AvgIpc) is 3.66. The van der Waals surface area contributed by atoms with Gasteiger partial charge in [0.25, 0.3) is 5.91 Å². The van der Waals surface area contributed by atoms with Gasteiger partial charge in [0.15, 0.2) is 23.0 Å². The maximum atomic E-state index is 13.0. The number of carbonyl (C=O) groups is 2. The molecular weight excluding hydrogens is 550 g/mol. The van der Waals surface area contributed by atoms with E-state index in [0.717, 1.165) is 5.56 Å². The Kier molecular flexibility index (Phi) is 7.40. The summed E-state index contributed by atoms with van der Waals surface area (Å²) in [7, 11) is 3.13. The van der Waals surface area contributed by atoms with Gasteiger partial charge in [0.2, 0.25) is 12.7 Å². The Hall–Kier alpha value is -5.77. The zero-order chi connectivity index (χ0) is 29.9. The van der Waals surface area contributed by atoms with E-state index >= 15 is 0 Å². The number of aromatic nitrogens is 2. The van der Waals surface area contributed by atoms with Gasteiger partial charge in [-0.1, -0.05) is 30.3 Å². The van der Waals surface area contributed by atoms with E-state index in [0.29, 0.717) is 56.8 Å². The quantitative estimate of drug-likeness (QED) is 0.219. The van der Waals surface area contributed by atoms with Crippen LogP contribution in [-0.2, 0) is 4.79 Å². The molecule has 1 amide bonds. The van der Waals surface area contributed by atoms with Gasteiger partial charge < -0.3 is 29.0 Å². The highest BCUT2D eigenvalue weighted by molar-refractivity contribution is 6.05. The van der Waals surface area contributed by atoms with Gasteiger partial charge in [-0.3, -0.25) is 9.59 Å². The van der Waals surface area contributed by atoms with E-state index in [9.17, 15) is 9.59 Å². The van der Waals surface area contributed by atoms with Crippen LogP contribution in [0.25, 0.3) is 28.1 Å². The van der Waals surface area contributed by atoms with E-state index in [-0.39, 0.29) is 18.6 Å². The Morgan fingerprint density at radius 3 is 2.26 bits per heavy atom. The fraction of sp³-hybridized carbons (Fsp3) is 0.121. The topological polar surface area (TPSA) is 110 Å². The predicted octanol–water partition coefficient (Wildman–Crippen LogP) is 6.13. The smallest absolute Gasteiger partial charge is 0.309 e. The van der Waals surface area contributed by atoms with Crippen LogP contribution in [0.3, 0.4) is 0 Å². The Labute approximate surface area is 247 Å². The summed E-state index contributed by atoms with van der Waals surface area (Å²) in [6, 6.07) is 27.1. The van der Waals surface area contributed by atoms with Crippen LogP contribution < -0.4 is 29.0 Å². The van der Waals surface area contributed by atoms with Crippen LogP contribution >= 0.6 is 0 Å². The number of benzene rings is 4. The number of hydrogen-bond acceptors (Lipinski definition) is 8. The molecule has 6 rings (SSSR count). The molecule has 4 aromatic carbocycles. The molecule has 2 heterocycles. The molecule has 216 valence electrons. The van der Waals surface area contributed by atoms with Gasteiger partial charge in [-0.2, -0.15) is 9.78 Å². The summed E-state index contributed by atoms with van der Waals surface area (Å²) >= 11 is 0. The summed E-state index contributed by atoms with van der Waals surface area (Å²) in [5.74, 6) is 1.68. The second-order valence-electron chi connectivity index (χ2n) is 9.54. The standard InChI is InChI=1S/C33H27N3O7/c1-20(37)43-33-30(21-9-13-24(14-10-21)34-32(38)23-12-16-27-29(18-23)42-19-41-27)31(35-36(33)25-7-5-4-6-8-25)22-11-15-26(39-2)28(17-22)40-3/h4-18H,19H2,1-3H3,(H,34,38). The lowest BCUT2D eigenvalue weighted by Gasteiger charge is -2.11. The van der Waals surface area contributed by atoms with E-state index in [4.69, 9.17) is 28.8 Å². The molecular formula is C33H27N3O7. The molecule has 1 aliphatic heterocycles. The molecule has 1 N–H and O–H groups in total. The third kappa shape index (κ3) is 5.45. The molecule has 1 aromatic heterocycles. The summed E-state index contributed by atoms with van der Waals surface area (Å²) in [6.45, 7) is 1.47. The number of hydrogen-bond donors (Lipinski definition) is 1. The van der Waals surface area contributed by atoms with Crippen LogP contribution in [0.2, 0.25) is 0 Å². The molecule has 0 unspecified atom stereocenters. The molecule has 0 atom stereocenters. The molecule has 0 radical (unpaired) electrons. The lowest BCUT2D eigenvalue weighted by Crippen LogP contribution is -2.11. The minimum atomic E-state index is -0.496. The lowest BCUT2D eigenvalue weighted by molar-refractivity contribution is -0.132. The van der Waals surface area contributed by atoms with Gasteiger partial charge in [-0.05, 0) is 66.2 Å². The average molecular weight is 578 g/mol. The molecule has 10 heteroatoms. The zero-order valence-corrected chi connectivity index (χ0v) is 23.6. The van der Waals surface area contributed by atoms with Crippen LogP contribution in [0.4, 0.5) is 5.69 Å². The largest absolute Gasteiger partial charge is 0.493 e. The molecule has 43 heavy (non-hydrogen) atoms. The van der Waals surface area contributed by atoms with Crippen LogP contribution in [0.15, 0.2) is 91.0 Å². The maximum absolute atomic E-state index is 13.0. The van der Waals surface area contributed by atoms with E-state index in [1.165, 1.54) is 6.92 Å². The highest BCUT2D eigenvalue weighted by Crippen LogP contribution is 2.43. The highest BCUT2D eigenvalue weighted by atomic mass is 16.7. The van der Waals surface area contributed by atoms with Crippen molar-refractivity contribution in [3.05, 3.63) is 96.6 Å². The van der Waals surface area contributed by atoms with E-state index in [1.54, 1.807) is 55.3 Å². The predicted molar refractivity (Wildman–Crippen MR) is 159 cm³/mol. The summed E-state index contributed by atoms with van der Waals surface area (Å²) in [6.07, 6.45) is 0. The Balaban J connectivity index is 1.42. The van der Waals surface area contributed by atoms with Gasteiger partial charge in [0, 0.05) is 23.7 Å². The number of anilines is 1. The number of esters is 1. The van der Waals surface area contributed by atoms with Gasteiger partial charge in [0.05, 0.1) is 25.5 Å². The molecule has 0 bridgehead atoms. The normalized spacial score (nSPS) is 11.6. The second kappa shape index (κ2) is 11.6. The molecule has 0 saturated heterocycles. The first-order chi connectivity index (χ1) is 20.9. The van der Waals surface area contributed by atoms with Gasteiger partial charge >= 0.3 is 5.97 Å². The summed E-state index contributed by atoms with van der Waals surface area (Å²) < 4.78 is 29.1. The maximum Gasteiger partial charge on any atom is 0.309 e. The third-order valence-corrected chi connectivity index (χ3v) is 6.81. The monoisotopic (exact) mass is 577 g/mol. The first-order valence-electron chi connectivity index (χ1n) is 13.4. The van der Waals surface area contributed by atoms with Gasteiger partial charge in [-0.15, -0.1) is 0 Å². The number of fused-ring (bicyclic) bond motifs is 1. The lowest BCUT2D eigenvalue weighted by atomic mass is 10.0. The number of rotatable bonds is 8. The summed E-state index contributed by atoms with van der Waals surface area (Å²) in [4.78, 5) is 25.3. The van der Waals surface area contributed by atoms with Gasteiger partial charge in [-0.25, -0.2) is 0 Å². The fourth-order valence-electron chi connectivity index (χ4n) is 4.78. The van der Waals surface area contributed by atoms with Crippen LogP contribution in [0.1, 0.15) is 17.3 Å². The van der Waals surface area contributed by atoms with Crippen LogP contribution in [0, 0.1) is 0 Å². The number of para-hydroxylation sites is 1. The van der Waals surface area contributed by atoms with Crippen molar-refractivity contribution in [3.63, 3.8) is 0 Å². The van der Waals surface area contributed by atoms with Crippen molar-refractivity contribution >= 4 is 17.6 Å². The second-order valence-corrected chi connectivity index (χ2v) is 9.54. The van der Waals surface area contributed by atoms with Crippen molar-refractivity contribution in [3.8, 4) is 56.9 Å². The molecule has 0 spiro atoms. The molecule has 0 saturated carbocycles. The van der Waals surface area contributed by atoms with Crippen molar-refractivity contribution < 1.29 is 33.3 Å². The number of nitrogens with one attached hydrogen (secondary N) is 1. The van der Waals surface area contributed by atoms with Crippen LogP contribution in [-0.4, -0.2) is 42.7 Å². The highest BCUT2D eigenvalue weighted by Gasteiger charge is 2.25. The van der Waals surface area contributed by atoms with E-state index < -0.39 is 5.97 Å². The number of nitrogens with zero attached hydrogens (tertiary/aromatic N) is 2. The van der Waals surface area contributed by atoms with Crippen molar-refractivity contribution in [2.75, 3.05) is 26.3 Å². The minimum absolute atomic E-state index is 0.128. The number of ether oxygens (including phenoxy) is 5. The molecule has 10 nitrogen and oxygen atoms in total. The molecule has 1 aliphatic rings. The third-order valence-electron chi connectivity index (χ3n) is 6.81. The van der Waals surface area contributed by atoms with Crippen molar-refractivity contribution in [1.82, 2.24) is 9.78 Å².